The molecule has 0 N–H and O–H groups in total. The molecule has 1 aliphatic heterocycles. The number of halogens is 1. The third-order valence-corrected chi connectivity index (χ3v) is 7.72. The zero-order valence-corrected chi connectivity index (χ0v) is 19.8. The molecule has 0 saturated carbocycles. The summed E-state index contributed by atoms with van der Waals surface area (Å²) in [6.07, 6.45) is 3.24. The van der Waals surface area contributed by atoms with E-state index >= 15 is 0 Å². The number of piperidine rings is 1. The second-order valence-electron chi connectivity index (χ2n) is 8.23. The molecule has 4 nitrogen and oxygen atoms in total. The summed E-state index contributed by atoms with van der Waals surface area (Å²) in [4.78, 5) is 17.1. The molecule has 2 aromatic heterocycles. The van der Waals surface area contributed by atoms with Gasteiger partial charge in [-0.15, -0.1) is 11.3 Å². The number of hydrogen-bond donors (Lipinski definition) is 0. The number of amides is 1. The van der Waals surface area contributed by atoms with Crippen molar-refractivity contribution in [2.45, 2.75) is 26.2 Å². The maximum atomic E-state index is 13.2. The van der Waals surface area contributed by atoms with Gasteiger partial charge in [0.1, 0.15) is 4.83 Å². The molecule has 2 aromatic carbocycles. The summed E-state index contributed by atoms with van der Waals surface area (Å²) in [5.41, 5.74) is 3.35. The zero-order chi connectivity index (χ0) is 21.4. The molecule has 0 unspecified atom stereocenters. The van der Waals surface area contributed by atoms with Crippen molar-refractivity contribution in [2.75, 3.05) is 13.1 Å². The van der Waals surface area contributed by atoms with Gasteiger partial charge in [0.25, 0.3) is 5.91 Å². The smallest absolute Gasteiger partial charge is 0.264 e. The van der Waals surface area contributed by atoms with E-state index in [1.807, 2.05) is 46.8 Å². The van der Waals surface area contributed by atoms with Crippen LogP contribution in [0.3, 0.4) is 0 Å². The summed E-state index contributed by atoms with van der Waals surface area (Å²) in [6, 6.07) is 20.8. The van der Waals surface area contributed by atoms with Crippen LogP contribution in [0, 0.1) is 12.8 Å². The predicted octanol–water partition coefficient (Wildman–Crippen LogP) is 6.25. The summed E-state index contributed by atoms with van der Waals surface area (Å²) in [6.45, 7) is 3.68. The molecule has 0 spiro atoms. The first-order chi connectivity index (χ1) is 15.1. The van der Waals surface area contributed by atoms with Crippen molar-refractivity contribution in [1.29, 1.82) is 0 Å². The van der Waals surface area contributed by atoms with Crippen LogP contribution < -0.4 is 0 Å². The highest BCUT2D eigenvalue weighted by Gasteiger charge is 2.26. The summed E-state index contributed by atoms with van der Waals surface area (Å²) in [5, 5.41) is 5.76. The predicted molar refractivity (Wildman–Crippen MR) is 130 cm³/mol. The lowest BCUT2D eigenvalue weighted by Crippen LogP contribution is -2.38. The van der Waals surface area contributed by atoms with Gasteiger partial charge in [0, 0.05) is 22.9 Å². The molecule has 31 heavy (non-hydrogen) atoms. The van der Waals surface area contributed by atoms with E-state index in [0.717, 1.165) is 63.3 Å². The minimum Gasteiger partial charge on any atom is -0.338 e. The second-order valence-corrected chi connectivity index (χ2v) is 10.2. The van der Waals surface area contributed by atoms with Crippen LogP contribution in [0.2, 0.25) is 0 Å². The van der Waals surface area contributed by atoms with Crippen molar-refractivity contribution < 1.29 is 4.79 Å². The van der Waals surface area contributed by atoms with Gasteiger partial charge in [0.15, 0.2) is 0 Å². The molecular formula is C25H24BrN3OS. The fraction of sp³-hybridized carbons (Fsp3) is 0.280. The molecular weight excluding hydrogens is 470 g/mol. The summed E-state index contributed by atoms with van der Waals surface area (Å²) in [5.74, 6) is 0.809. The Bertz CT molecular complexity index is 1210. The third-order valence-electron chi connectivity index (χ3n) is 6.10. The van der Waals surface area contributed by atoms with Gasteiger partial charge in [-0.1, -0.05) is 46.3 Å². The normalized spacial score (nSPS) is 15.0. The Labute approximate surface area is 194 Å². The maximum Gasteiger partial charge on any atom is 0.264 e. The Morgan fingerprint density at radius 1 is 1.10 bits per heavy atom. The molecule has 0 aliphatic carbocycles. The number of aryl methyl sites for hydroxylation is 1. The number of benzene rings is 2. The molecule has 0 atom stereocenters. The molecule has 1 fully saturated rings. The van der Waals surface area contributed by atoms with Crippen molar-refractivity contribution in [3.05, 3.63) is 81.3 Å². The van der Waals surface area contributed by atoms with E-state index in [1.54, 1.807) is 11.3 Å². The highest BCUT2D eigenvalue weighted by molar-refractivity contribution is 9.10. The first-order valence-electron chi connectivity index (χ1n) is 10.7. The first kappa shape index (κ1) is 20.5. The molecule has 0 radical (unpaired) electrons. The Kier molecular flexibility index (Phi) is 5.67. The Morgan fingerprint density at radius 2 is 1.81 bits per heavy atom. The van der Waals surface area contributed by atoms with Gasteiger partial charge in [-0.3, -0.25) is 4.79 Å². The van der Waals surface area contributed by atoms with Gasteiger partial charge in [0.05, 0.1) is 16.3 Å². The van der Waals surface area contributed by atoms with E-state index < -0.39 is 0 Å². The SMILES string of the molecule is Cc1nn(-c2ccc(Br)cc2)c2sc(C(=O)N3CCC(Cc4ccccc4)CC3)cc12. The van der Waals surface area contributed by atoms with Crippen LogP contribution in [-0.2, 0) is 6.42 Å². The van der Waals surface area contributed by atoms with E-state index in [0.29, 0.717) is 5.92 Å². The number of carbonyl (C=O) groups is 1. The minimum absolute atomic E-state index is 0.154. The minimum atomic E-state index is 0.154. The van der Waals surface area contributed by atoms with E-state index in [4.69, 9.17) is 5.10 Å². The lowest BCUT2D eigenvalue weighted by atomic mass is 9.90. The van der Waals surface area contributed by atoms with Gasteiger partial charge in [-0.05, 0) is 68.0 Å². The number of rotatable bonds is 4. The van der Waals surface area contributed by atoms with Crippen LogP contribution in [0.1, 0.15) is 33.8 Å². The third kappa shape index (κ3) is 4.19. The average molecular weight is 494 g/mol. The number of likely N-dealkylation sites (tertiary alicyclic amines) is 1. The Hall–Kier alpha value is -2.44. The highest BCUT2D eigenvalue weighted by Crippen LogP contribution is 2.32. The molecule has 4 aromatic rings. The molecule has 3 heterocycles. The summed E-state index contributed by atoms with van der Waals surface area (Å²) >= 11 is 5.03. The molecule has 1 aliphatic rings. The Balaban J connectivity index is 1.31. The van der Waals surface area contributed by atoms with Crippen LogP contribution in [0.5, 0.6) is 0 Å². The van der Waals surface area contributed by atoms with E-state index in [9.17, 15) is 4.79 Å². The number of hydrogen-bond acceptors (Lipinski definition) is 3. The fourth-order valence-electron chi connectivity index (χ4n) is 4.35. The van der Waals surface area contributed by atoms with Crippen LogP contribution >= 0.6 is 27.3 Å². The number of nitrogens with zero attached hydrogens (tertiary/aromatic N) is 3. The van der Waals surface area contributed by atoms with Gasteiger partial charge in [-0.2, -0.15) is 5.10 Å². The number of thiophene rings is 1. The largest absolute Gasteiger partial charge is 0.338 e. The summed E-state index contributed by atoms with van der Waals surface area (Å²) < 4.78 is 2.99. The van der Waals surface area contributed by atoms with Crippen LogP contribution in [0.4, 0.5) is 0 Å². The molecule has 0 bridgehead atoms. The topological polar surface area (TPSA) is 38.1 Å². The van der Waals surface area contributed by atoms with Crippen LogP contribution in [-0.4, -0.2) is 33.7 Å². The van der Waals surface area contributed by atoms with Gasteiger partial charge < -0.3 is 4.90 Å². The maximum absolute atomic E-state index is 13.2. The number of fused-ring (bicyclic) bond motifs is 1. The van der Waals surface area contributed by atoms with Gasteiger partial charge >= 0.3 is 0 Å². The lowest BCUT2D eigenvalue weighted by molar-refractivity contribution is 0.0695. The summed E-state index contributed by atoms with van der Waals surface area (Å²) in [7, 11) is 0. The van der Waals surface area contributed by atoms with Gasteiger partial charge in [-0.25, -0.2) is 4.68 Å². The van der Waals surface area contributed by atoms with Gasteiger partial charge in [0.2, 0.25) is 0 Å². The first-order valence-corrected chi connectivity index (χ1v) is 12.3. The molecule has 6 heteroatoms. The number of aromatic nitrogens is 2. The molecule has 1 saturated heterocycles. The van der Waals surface area contributed by atoms with Crippen molar-refractivity contribution in [3.8, 4) is 5.69 Å². The molecule has 1 amide bonds. The lowest BCUT2D eigenvalue weighted by Gasteiger charge is -2.31. The second kappa shape index (κ2) is 8.60. The fourth-order valence-corrected chi connectivity index (χ4v) is 5.77. The van der Waals surface area contributed by atoms with Crippen molar-refractivity contribution in [2.24, 2.45) is 5.92 Å². The van der Waals surface area contributed by atoms with Crippen molar-refractivity contribution >= 4 is 43.4 Å². The van der Waals surface area contributed by atoms with Crippen LogP contribution in [0.25, 0.3) is 15.9 Å². The Morgan fingerprint density at radius 3 is 2.52 bits per heavy atom. The highest BCUT2D eigenvalue weighted by atomic mass is 79.9. The molecule has 5 rings (SSSR count). The van der Waals surface area contributed by atoms with E-state index in [-0.39, 0.29) is 5.91 Å². The monoisotopic (exact) mass is 493 g/mol. The quantitative estimate of drug-likeness (QED) is 0.336. The molecule has 158 valence electrons. The van der Waals surface area contributed by atoms with E-state index in [2.05, 4.69) is 46.3 Å². The van der Waals surface area contributed by atoms with Crippen molar-refractivity contribution in [1.82, 2.24) is 14.7 Å². The van der Waals surface area contributed by atoms with Crippen LogP contribution in [0.15, 0.2) is 65.1 Å². The standard InChI is InChI=1S/C25H24BrN3OS/c1-17-22-16-23(31-25(22)29(27-17)21-9-7-20(26)8-10-21)24(30)28-13-11-19(12-14-28)15-18-5-3-2-4-6-18/h2-10,16,19H,11-15H2,1H3. The van der Waals surface area contributed by atoms with E-state index in [1.165, 1.54) is 5.56 Å². The zero-order valence-electron chi connectivity index (χ0n) is 17.4. The number of carbonyl (C=O) groups excluding carboxylic acids is 1. The van der Waals surface area contributed by atoms with Crippen molar-refractivity contribution in [3.63, 3.8) is 0 Å². The average Bonchev–Trinajstić information content (AvgIpc) is 3.36.